The van der Waals surface area contributed by atoms with Crippen LogP contribution in [0, 0.1) is 29.6 Å². The minimum atomic E-state index is 0.506. The highest BCUT2D eigenvalue weighted by molar-refractivity contribution is 5.66. The Bertz CT molecular complexity index is 1630. The molecule has 0 aromatic heterocycles. The zero-order valence-electron chi connectivity index (χ0n) is 21.5. The highest BCUT2D eigenvalue weighted by Gasteiger charge is 2.32. The van der Waals surface area contributed by atoms with E-state index in [4.69, 9.17) is 0 Å². The van der Waals surface area contributed by atoms with Gasteiger partial charge in [-0.15, -0.1) is 0 Å². The lowest BCUT2D eigenvalue weighted by Crippen LogP contribution is -2.35. The smallest absolute Gasteiger partial charge is 0.0531 e. The van der Waals surface area contributed by atoms with Crippen molar-refractivity contribution in [1.29, 1.82) is 0 Å². The first-order valence-electron chi connectivity index (χ1n) is 13.7. The van der Waals surface area contributed by atoms with E-state index in [0.717, 1.165) is 41.9 Å². The van der Waals surface area contributed by atoms with Crippen molar-refractivity contribution in [3.63, 3.8) is 0 Å². The molecule has 1 saturated carbocycles. The van der Waals surface area contributed by atoms with E-state index in [2.05, 4.69) is 131 Å². The number of para-hydroxylation sites is 2. The van der Waals surface area contributed by atoms with Crippen LogP contribution in [0.2, 0.25) is 0 Å². The van der Waals surface area contributed by atoms with Gasteiger partial charge in [0.1, 0.15) is 0 Å². The fourth-order valence-corrected chi connectivity index (χ4v) is 6.37. The van der Waals surface area contributed by atoms with Gasteiger partial charge in [0.25, 0.3) is 0 Å². The van der Waals surface area contributed by atoms with E-state index in [1.165, 1.54) is 41.8 Å². The van der Waals surface area contributed by atoms with Crippen molar-refractivity contribution in [3.05, 3.63) is 130 Å². The molecule has 2 heteroatoms. The van der Waals surface area contributed by atoms with Crippen LogP contribution in [-0.2, 0) is 13.1 Å². The van der Waals surface area contributed by atoms with Crippen LogP contribution in [0.3, 0.4) is 0 Å². The summed E-state index contributed by atoms with van der Waals surface area (Å²) in [6.07, 6.45) is 3.64. The molecule has 4 aromatic rings. The second-order valence-electron chi connectivity index (χ2n) is 10.7. The number of hydrogen-bond donors (Lipinski definition) is 0. The van der Waals surface area contributed by atoms with Gasteiger partial charge in [0.2, 0.25) is 0 Å². The lowest BCUT2D eigenvalue weighted by molar-refractivity contribution is 0.509. The summed E-state index contributed by atoms with van der Waals surface area (Å²) in [5.74, 6) is 14.4. The van der Waals surface area contributed by atoms with Crippen LogP contribution in [-0.4, -0.2) is 12.6 Å². The zero-order valence-corrected chi connectivity index (χ0v) is 21.5. The Hall–Kier alpha value is -4.40. The van der Waals surface area contributed by atoms with Crippen LogP contribution in [0.15, 0.2) is 97.1 Å². The van der Waals surface area contributed by atoms with E-state index in [9.17, 15) is 0 Å². The Balaban J connectivity index is 1.17. The topological polar surface area (TPSA) is 6.48 Å². The summed E-state index contributed by atoms with van der Waals surface area (Å²) in [7, 11) is 0. The standard InChI is InChI=1S/C36H30N2/c1-3-13-32-25-37(35-15-7-5-11-30(35)20-18-28(32)9-1)24-27-17-22-34(23-27)38-26-33-14-4-2-10-29(33)19-21-31-12-6-8-16-36(31)38/h1-16,27,34H,17,22-26H2. The summed E-state index contributed by atoms with van der Waals surface area (Å²) in [5.41, 5.74) is 9.75. The van der Waals surface area contributed by atoms with Crippen molar-refractivity contribution < 1.29 is 0 Å². The number of anilines is 2. The Morgan fingerprint density at radius 3 is 1.79 bits per heavy atom. The van der Waals surface area contributed by atoms with Gasteiger partial charge in [-0.3, -0.25) is 0 Å². The van der Waals surface area contributed by atoms with Gasteiger partial charge in [-0.05, 0) is 72.7 Å². The van der Waals surface area contributed by atoms with Gasteiger partial charge < -0.3 is 9.80 Å². The average molecular weight is 491 g/mol. The third-order valence-electron chi connectivity index (χ3n) is 8.29. The molecule has 2 heterocycles. The Morgan fingerprint density at radius 2 is 1.08 bits per heavy atom. The predicted octanol–water partition coefficient (Wildman–Crippen LogP) is 7.00. The molecule has 38 heavy (non-hydrogen) atoms. The molecule has 0 N–H and O–H groups in total. The highest BCUT2D eigenvalue weighted by Crippen LogP contribution is 2.37. The lowest BCUT2D eigenvalue weighted by Gasteiger charge is -2.34. The van der Waals surface area contributed by atoms with Gasteiger partial charge >= 0.3 is 0 Å². The second kappa shape index (κ2) is 9.81. The fraction of sp³-hybridized carbons (Fsp3) is 0.222. The van der Waals surface area contributed by atoms with Gasteiger partial charge in [0.15, 0.2) is 0 Å². The van der Waals surface area contributed by atoms with E-state index in [0.29, 0.717) is 12.0 Å². The first-order chi connectivity index (χ1) is 18.8. The minimum absolute atomic E-state index is 0.506. The molecule has 3 aliphatic rings. The first-order valence-corrected chi connectivity index (χ1v) is 13.7. The highest BCUT2D eigenvalue weighted by atomic mass is 15.2. The zero-order chi connectivity index (χ0) is 25.3. The first kappa shape index (κ1) is 22.8. The molecule has 0 amide bonds. The van der Waals surface area contributed by atoms with Crippen LogP contribution in [0.25, 0.3) is 0 Å². The third-order valence-corrected chi connectivity index (χ3v) is 8.29. The van der Waals surface area contributed by atoms with Gasteiger partial charge in [-0.25, -0.2) is 0 Å². The summed E-state index contributed by atoms with van der Waals surface area (Å²) in [6.45, 7) is 2.86. The maximum absolute atomic E-state index is 3.47. The summed E-state index contributed by atoms with van der Waals surface area (Å²) in [6, 6.07) is 35.1. The molecule has 0 bridgehead atoms. The van der Waals surface area contributed by atoms with Crippen LogP contribution >= 0.6 is 0 Å². The largest absolute Gasteiger partial charge is 0.366 e. The second-order valence-corrected chi connectivity index (χ2v) is 10.7. The molecular formula is C36H30N2. The average Bonchev–Trinajstić information content (AvgIpc) is 3.41. The quantitative estimate of drug-likeness (QED) is 0.286. The van der Waals surface area contributed by atoms with Gasteiger partial charge in [0, 0.05) is 47.9 Å². The Kier molecular flexibility index (Phi) is 5.88. The van der Waals surface area contributed by atoms with E-state index in [1.807, 2.05) is 0 Å². The summed E-state index contributed by atoms with van der Waals surface area (Å²) in [4.78, 5) is 5.22. The molecular weight excluding hydrogens is 460 g/mol. The summed E-state index contributed by atoms with van der Waals surface area (Å²) in [5, 5.41) is 0. The van der Waals surface area contributed by atoms with E-state index in [1.54, 1.807) is 0 Å². The number of nitrogens with zero attached hydrogens (tertiary/aromatic N) is 2. The SMILES string of the molecule is C1#Cc2ccccc2N(CC2CCC(N3Cc4ccccc4C#Cc4ccccc43)C2)Cc2ccccc21. The summed E-state index contributed by atoms with van der Waals surface area (Å²) < 4.78 is 0. The third kappa shape index (κ3) is 4.34. The predicted molar refractivity (Wildman–Crippen MR) is 156 cm³/mol. The maximum Gasteiger partial charge on any atom is 0.0531 e. The molecule has 184 valence electrons. The van der Waals surface area contributed by atoms with Crippen molar-refractivity contribution in [3.8, 4) is 23.7 Å². The molecule has 2 unspecified atom stereocenters. The Labute approximate surface area is 225 Å². The molecule has 0 spiro atoms. The molecule has 1 fully saturated rings. The van der Waals surface area contributed by atoms with E-state index < -0.39 is 0 Å². The summed E-state index contributed by atoms with van der Waals surface area (Å²) >= 11 is 0. The van der Waals surface area contributed by atoms with E-state index in [-0.39, 0.29) is 0 Å². The van der Waals surface area contributed by atoms with Crippen LogP contribution in [0.5, 0.6) is 0 Å². The van der Waals surface area contributed by atoms with Crippen molar-refractivity contribution in [1.82, 2.24) is 0 Å². The van der Waals surface area contributed by atoms with Crippen molar-refractivity contribution in [2.45, 2.75) is 38.4 Å². The van der Waals surface area contributed by atoms with Crippen LogP contribution in [0.4, 0.5) is 11.4 Å². The molecule has 2 aliphatic heterocycles. The number of fused-ring (bicyclic) bond motifs is 4. The van der Waals surface area contributed by atoms with Gasteiger partial charge in [0.05, 0.1) is 11.4 Å². The molecule has 0 saturated heterocycles. The van der Waals surface area contributed by atoms with E-state index >= 15 is 0 Å². The monoisotopic (exact) mass is 490 g/mol. The lowest BCUT2D eigenvalue weighted by atomic mass is 9.99. The minimum Gasteiger partial charge on any atom is -0.366 e. The maximum atomic E-state index is 3.47. The molecule has 4 aromatic carbocycles. The fourth-order valence-electron chi connectivity index (χ4n) is 6.37. The van der Waals surface area contributed by atoms with Crippen LogP contribution < -0.4 is 9.80 Å². The molecule has 0 radical (unpaired) electrons. The molecule has 1 aliphatic carbocycles. The van der Waals surface area contributed by atoms with Crippen LogP contribution in [0.1, 0.15) is 52.6 Å². The number of benzene rings is 4. The van der Waals surface area contributed by atoms with Gasteiger partial charge in [-0.1, -0.05) is 84.3 Å². The van der Waals surface area contributed by atoms with Gasteiger partial charge in [-0.2, -0.15) is 0 Å². The Morgan fingerprint density at radius 1 is 0.553 bits per heavy atom. The molecule has 2 atom stereocenters. The van der Waals surface area contributed by atoms with Crippen molar-refractivity contribution in [2.24, 2.45) is 5.92 Å². The normalized spacial score (nSPS) is 19.1. The number of rotatable bonds is 3. The number of hydrogen-bond acceptors (Lipinski definition) is 2. The van der Waals surface area contributed by atoms with Crippen molar-refractivity contribution >= 4 is 11.4 Å². The molecule has 7 rings (SSSR count). The van der Waals surface area contributed by atoms with Crippen molar-refractivity contribution in [2.75, 3.05) is 16.3 Å². The molecule has 2 nitrogen and oxygen atoms in total.